The van der Waals surface area contributed by atoms with Gasteiger partial charge in [0.1, 0.15) is 5.82 Å². The first-order valence-corrected chi connectivity index (χ1v) is 5.57. The third-order valence-electron chi connectivity index (χ3n) is 3.21. The van der Waals surface area contributed by atoms with Crippen molar-refractivity contribution in [2.45, 2.75) is 25.8 Å². The molecule has 0 bridgehead atoms. The molecule has 15 heavy (non-hydrogen) atoms. The highest BCUT2D eigenvalue weighted by Crippen LogP contribution is 2.33. The highest BCUT2D eigenvalue weighted by molar-refractivity contribution is 5.80. The van der Waals surface area contributed by atoms with Crippen molar-refractivity contribution in [2.24, 2.45) is 5.92 Å². The molecule has 0 spiro atoms. The first kappa shape index (κ1) is 8.96. The Balaban J connectivity index is 1.91. The van der Waals surface area contributed by atoms with Crippen molar-refractivity contribution in [3.05, 3.63) is 36.3 Å². The van der Waals surface area contributed by atoms with Gasteiger partial charge in [0.15, 0.2) is 0 Å². The van der Waals surface area contributed by atoms with Gasteiger partial charge in [0, 0.05) is 12.7 Å². The second kappa shape index (κ2) is 3.37. The molecule has 0 unspecified atom stereocenters. The van der Waals surface area contributed by atoms with E-state index in [0.29, 0.717) is 0 Å². The molecule has 1 aliphatic carbocycles. The van der Waals surface area contributed by atoms with Gasteiger partial charge < -0.3 is 4.57 Å². The van der Waals surface area contributed by atoms with Crippen molar-refractivity contribution in [1.82, 2.24) is 4.57 Å². The van der Waals surface area contributed by atoms with Crippen molar-refractivity contribution in [3.63, 3.8) is 0 Å². The van der Waals surface area contributed by atoms with E-state index in [1.807, 2.05) is 6.07 Å². The number of rotatable bonds is 3. The molecule has 1 aromatic heterocycles. The van der Waals surface area contributed by atoms with Crippen LogP contribution >= 0.6 is 0 Å². The molecule has 0 N–H and O–H groups in total. The Morgan fingerprint density at radius 2 is 2.13 bits per heavy atom. The predicted molar refractivity (Wildman–Crippen MR) is 59.2 cm³/mol. The van der Waals surface area contributed by atoms with Gasteiger partial charge in [0.05, 0.1) is 5.52 Å². The molecule has 1 fully saturated rings. The van der Waals surface area contributed by atoms with Crippen LogP contribution < -0.4 is 0 Å². The van der Waals surface area contributed by atoms with E-state index in [9.17, 15) is 4.39 Å². The van der Waals surface area contributed by atoms with E-state index in [1.165, 1.54) is 25.3 Å². The number of hydrogen-bond donors (Lipinski definition) is 0. The predicted octanol–water partition coefficient (Wildman–Crippen LogP) is 3.58. The Morgan fingerprint density at radius 1 is 1.27 bits per heavy atom. The molecular formula is C13H14FN. The first-order valence-electron chi connectivity index (χ1n) is 5.57. The molecule has 0 saturated heterocycles. The van der Waals surface area contributed by atoms with Gasteiger partial charge in [-0.2, -0.15) is 0 Å². The van der Waals surface area contributed by atoms with Crippen LogP contribution in [0.15, 0.2) is 30.5 Å². The zero-order chi connectivity index (χ0) is 10.3. The summed E-state index contributed by atoms with van der Waals surface area (Å²) < 4.78 is 15.3. The van der Waals surface area contributed by atoms with E-state index in [4.69, 9.17) is 0 Å². The third kappa shape index (κ3) is 1.76. The minimum Gasteiger partial charge on any atom is -0.347 e. The SMILES string of the molecule is Fc1ccc2ccn(CCC3CC3)c2c1. The number of halogens is 1. The van der Waals surface area contributed by atoms with Crippen molar-refractivity contribution < 1.29 is 4.39 Å². The lowest BCUT2D eigenvalue weighted by atomic mass is 10.2. The fraction of sp³-hybridized carbons (Fsp3) is 0.385. The number of nitrogens with zero attached hydrogens (tertiary/aromatic N) is 1. The Labute approximate surface area is 88.5 Å². The normalized spacial score (nSPS) is 16.1. The van der Waals surface area contributed by atoms with Crippen LogP contribution in [-0.2, 0) is 6.54 Å². The van der Waals surface area contributed by atoms with Gasteiger partial charge in [-0.1, -0.05) is 12.8 Å². The van der Waals surface area contributed by atoms with Crippen LogP contribution in [0.25, 0.3) is 10.9 Å². The summed E-state index contributed by atoms with van der Waals surface area (Å²) in [6, 6.07) is 7.05. The minimum atomic E-state index is -0.145. The molecule has 1 nitrogen and oxygen atoms in total. The molecule has 0 amide bonds. The molecular weight excluding hydrogens is 189 g/mol. The first-order chi connectivity index (χ1) is 7.33. The van der Waals surface area contributed by atoms with Crippen LogP contribution in [0.5, 0.6) is 0 Å². The minimum absolute atomic E-state index is 0.145. The van der Waals surface area contributed by atoms with Gasteiger partial charge in [-0.25, -0.2) is 4.39 Å². The lowest BCUT2D eigenvalue weighted by Crippen LogP contribution is -1.96. The summed E-state index contributed by atoms with van der Waals surface area (Å²) in [6.45, 7) is 1.03. The number of hydrogen-bond acceptors (Lipinski definition) is 0. The second-order valence-electron chi connectivity index (χ2n) is 4.44. The number of benzene rings is 1. The van der Waals surface area contributed by atoms with Crippen molar-refractivity contribution in [2.75, 3.05) is 0 Å². The number of aryl methyl sites for hydroxylation is 1. The summed E-state index contributed by atoms with van der Waals surface area (Å²) in [4.78, 5) is 0. The molecule has 78 valence electrons. The molecule has 1 heterocycles. The van der Waals surface area contributed by atoms with E-state index in [2.05, 4.69) is 16.8 Å². The van der Waals surface area contributed by atoms with Crippen molar-refractivity contribution >= 4 is 10.9 Å². The fourth-order valence-electron chi connectivity index (χ4n) is 2.08. The fourth-order valence-corrected chi connectivity index (χ4v) is 2.08. The third-order valence-corrected chi connectivity index (χ3v) is 3.21. The molecule has 1 saturated carbocycles. The maximum atomic E-state index is 13.1. The molecule has 0 atom stereocenters. The van der Waals surface area contributed by atoms with E-state index in [1.54, 1.807) is 6.07 Å². The Morgan fingerprint density at radius 3 is 2.93 bits per heavy atom. The van der Waals surface area contributed by atoms with Crippen LogP contribution in [0.3, 0.4) is 0 Å². The largest absolute Gasteiger partial charge is 0.347 e. The van der Waals surface area contributed by atoms with Gasteiger partial charge in [-0.3, -0.25) is 0 Å². The average molecular weight is 203 g/mol. The second-order valence-corrected chi connectivity index (χ2v) is 4.44. The van der Waals surface area contributed by atoms with Gasteiger partial charge >= 0.3 is 0 Å². The van der Waals surface area contributed by atoms with E-state index < -0.39 is 0 Å². The van der Waals surface area contributed by atoms with E-state index >= 15 is 0 Å². The average Bonchev–Trinajstić information content (AvgIpc) is 2.97. The Kier molecular flexibility index (Phi) is 2.01. The molecule has 2 aromatic rings. The van der Waals surface area contributed by atoms with Crippen molar-refractivity contribution in [1.29, 1.82) is 0 Å². The maximum absolute atomic E-state index is 13.1. The number of aromatic nitrogens is 1. The van der Waals surface area contributed by atoms with Gasteiger partial charge in [-0.15, -0.1) is 0 Å². The molecule has 0 radical (unpaired) electrons. The van der Waals surface area contributed by atoms with E-state index in [-0.39, 0.29) is 5.82 Å². The summed E-state index contributed by atoms with van der Waals surface area (Å²) in [5.74, 6) is 0.782. The molecule has 2 heteroatoms. The summed E-state index contributed by atoms with van der Waals surface area (Å²) in [5, 5.41) is 1.13. The lowest BCUT2D eigenvalue weighted by Gasteiger charge is -2.04. The topological polar surface area (TPSA) is 4.93 Å². The molecule has 1 aliphatic rings. The standard InChI is InChI=1S/C13H14FN/c14-12-4-3-11-6-8-15(13(11)9-12)7-5-10-1-2-10/h3-4,6,8-10H,1-2,5,7H2. The van der Waals surface area contributed by atoms with Crippen LogP contribution in [0.1, 0.15) is 19.3 Å². The van der Waals surface area contributed by atoms with Crippen LogP contribution in [-0.4, -0.2) is 4.57 Å². The monoisotopic (exact) mass is 203 g/mol. The van der Waals surface area contributed by atoms with Gasteiger partial charge in [0.2, 0.25) is 0 Å². The summed E-state index contributed by atoms with van der Waals surface area (Å²) in [5.41, 5.74) is 1.02. The quantitative estimate of drug-likeness (QED) is 0.718. The van der Waals surface area contributed by atoms with Crippen LogP contribution in [0.2, 0.25) is 0 Å². The van der Waals surface area contributed by atoms with Crippen LogP contribution in [0, 0.1) is 11.7 Å². The molecule has 0 aliphatic heterocycles. The summed E-state index contributed by atoms with van der Waals surface area (Å²) in [6.07, 6.45) is 6.06. The highest BCUT2D eigenvalue weighted by atomic mass is 19.1. The Hall–Kier alpha value is -1.31. The van der Waals surface area contributed by atoms with E-state index in [0.717, 1.165) is 23.4 Å². The molecule has 1 aromatic carbocycles. The Bertz CT molecular complexity index is 482. The number of fused-ring (bicyclic) bond motifs is 1. The summed E-state index contributed by atoms with van der Waals surface area (Å²) >= 11 is 0. The van der Waals surface area contributed by atoms with Gasteiger partial charge in [0.25, 0.3) is 0 Å². The zero-order valence-corrected chi connectivity index (χ0v) is 8.62. The smallest absolute Gasteiger partial charge is 0.125 e. The van der Waals surface area contributed by atoms with Crippen LogP contribution in [0.4, 0.5) is 4.39 Å². The van der Waals surface area contributed by atoms with Gasteiger partial charge in [-0.05, 0) is 42.0 Å². The molecule has 3 rings (SSSR count). The summed E-state index contributed by atoms with van der Waals surface area (Å²) in [7, 11) is 0. The zero-order valence-electron chi connectivity index (χ0n) is 8.62. The highest BCUT2D eigenvalue weighted by Gasteiger charge is 2.20. The maximum Gasteiger partial charge on any atom is 0.125 e. The lowest BCUT2D eigenvalue weighted by molar-refractivity contribution is 0.606. The van der Waals surface area contributed by atoms with Crippen molar-refractivity contribution in [3.8, 4) is 0 Å².